The summed E-state index contributed by atoms with van der Waals surface area (Å²) in [4.78, 5) is 36.0. The second-order valence-electron chi connectivity index (χ2n) is 7.15. The van der Waals surface area contributed by atoms with Crippen molar-refractivity contribution in [3.63, 3.8) is 0 Å². The van der Waals surface area contributed by atoms with Crippen molar-refractivity contribution >= 4 is 5.91 Å². The minimum absolute atomic E-state index is 0.0608. The predicted octanol–water partition coefficient (Wildman–Crippen LogP) is 3.07. The van der Waals surface area contributed by atoms with Gasteiger partial charge >= 0.3 is 0 Å². The van der Waals surface area contributed by atoms with E-state index in [2.05, 4.69) is 20.3 Å². The first-order valence-electron chi connectivity index (χ1n) is 9.45. The van der Waals surface area contributed by atoms with Crippen molar-refractivity contribution in [3.05, 3.63) is 93.7 Å². The number of pyridine rings is 1. The van der Waals surface area contributed by atoms with Gasteiger partial charge in [0.1, 0.15) is 11.6 Å². The Balaban J connectivity index is 1.84. The number of nitrogens with zero attached hydrogens (tertiary/aromatic N) is 2. The lowest BCUT2D eigenvalue weighted by Gasteiger charge is -2.19. The fraction of sp³-hybridized carbons (Fsp3) is 0.273. The number of aromatic nitrogens is 3. The van der Waals surface area contributed by atoms with Crippen molar-refractivity contribution in [1.82, 2.24) is 20.3 Å². The van der Waals surface area contributed by atoms with Crippen LogP contribution >= 0.6 is 0 Å². The molecule has 2 N–H and O–H groups in total. The standard InChI is InChI=1S/C22H23FN4O2/c1-14(2)22-25-18(13-21(29)27-22)11-19(15-6-8-16(23)9-7-15)26-20(28)12-17-5-3-4-10-24-17/h3-10,13-14,19H,11-12H2,1-2H3,(H,26,28)(H,25,27,29)/t19-/m1/s1. The number of halogens is 1. The van der Waals surface area contributed by atoms with E-state index in [0.29, 0.717) is 23.6 Å². The molecule has 0 radical (unpaired) electrons. The molecule has 29 heavy (non-hydrogen) atoms. The molecule has 150 valence electrons. The topological polar surface area (TPSA) is 87.7 Å². The van der Waals surface area contributed by atoms with Gasteiger partial charge in [0.2, 0.25) is 5.91 Å². The molecule has 0 spiro atoms. The van der Waals surface area contributed by atoms with Gasteiger partial charge in [0.25, 0.3) is 5.56 Å². The van der Waals surface area contributed by atoms with Gasteiger partial charge in [0, 0.05) is 30.3 Å². The van der Waals surface area contributed by atoms with Gasteiger partial charge in [0.15, 0.2) is 0 Å². The highest BCUT2D eigenvalue weighted by atomic mass is 19.1. The molecule has 2 heterocycles. The minimum Gasteiger partial charge on any atom is -0.349 e. The molecule has 0 aliphatic rings. The lowest BCUT2D eigenvalue weighted by Crippen LogP contribution is -2.32. The third-order valence-corrected chi connectivity index (χ3v) is 4.45. The normalized spacial score (nSPS) is 12.0. The number of hydrogen-bond acceptors (Lipinski definition) is 4. The molecule has 0 saturated heterocycles. The molecular formula is C22H23FN4O2. The number of H-pyrrole nitrogens is 1. The van der Waals surface area contributed by atoms with Gasteiger partial charge in [-0.05, 0) is 29.8 Å². The monoisotopic (exact) mass is 394 g/mol. The first-order valence-corrected chi connectivity index (χ1v) is 9.45. The minimum atomic E-state index is -0.457. The molecule has 0 aliphatic carbocycles. The van der Waals surface area contributed by atoms with Crippen molar-refractivity contribution in [1.29, 1.82) is 0 Å². The lowest BCUT2D eigenvalue weighted by molar-refractivity contribution is -0.121. The second kappa shape index (κ2) is 9.23. The molecule has 0 saturated carbocycles. The average Bonchev–Trinajstić information content (AvgIpc) is 2.68. The average molecular weight is 394 g/mol. The number of hydrogen-bond donors (Lipinski definition) is 2. The van der Waals surface area contributed by atoms with Gasteiger partial charge in [-0.15, -0.1) is 0 Å². The molecule has 7 heteroatoms. The van der Waals surface area contributed by atoms with Crippen molar-refractivity contribution in [3.8, 4) is 0 Å². The van der Waals surface area contributed by atoms with E-state index in [9.17, 15) is 14.0 Å². The summed E-state index contributed by atoms with van der Waals surface area (Å²) < 4.78 is 13.4. The van der Waals surface area contributed by atoms with Crippen molar-refractivity contribution in [2.45, 2.75) is 38.6 Å². The molecule has 2 aromatic heterocycles. The Labute approximate surface area is 168 Å². The number of amides is 1. The number of aromatic amines is 1. The lowest BCUT2D eigenvalue weighted by atomic mass is 10.0. The molecule has 3 rings (SSSR count). The first-order chi connectivity index (χ1) is 13.9. The quantitative estimate of drug-likeness (QED) is 0.645. The Bertz CT molecular complexity index is 1020. The third-order valence-electron chi connectivity index (χ3n) is 4.45. The van der Waals surface area contributed by atoms with Crippen LogP contribution in [0.15, 0.2) is 59.5 Å². The van der Waals surface area contributed by atoms with E-state index in [-0.39, 0.29) is 29.6 Å². The summed E-state index contributed by atoms with van der Waals surface area (Å²) in [6.07, 6.45) is 2.06. The van der Waals surface area contributed by atoms with Crippen LogP contribution in [0.5, 0.6) is 0 Å². The molecule has 0 bridgehead atoms. The van der Waals surface area contributed by atoms with E-state index < -0.39 is 6.04 Å². The molecule has 3 aromatic rings. The van der Waals surface area contributed by atoms with Gasteiger partial charge in [-0.1, -0.05) is 32.0 Å². The molecule has 0 fully saturated rings. The van der Waals surface area contributed by atoms with E-state index in [0.717, 1.165) is 5.56 Å². The Morgan fingerprint density at radius 3 is 2.55 bits per heavy atom. The smallest absolute Gasteiger partial charge is 0.251 e. The van der Waals surface area contributed by atoms with Crippen LogP contribution in [0.2, 0.25) is 0 Å². The van der Waals surface area contributed by atoms with Crippen LogP contribution in [-0.2, 0) is 17.6 Å². The Kier molecular flexibility index (Phi) is 6.49. The fourth-order valence-electron chi connectivity index (χ4n) is 2.98. The molecule has 1 atom stereocenters. The van der Waals surface area contributed by atoms with E-state index in [1.807, 2.05) is 19.9 Å². The maximum absolute atomic E-state index is 13.4. The van der Waals surface area contributed by atoms with Crippen molar-refractivity contribution in [2.75, 3.05) is 0 Å². The Morgan fingerprint density at radius 1 is 1.14 bits per heavy atom. The summed E-state index contributed by atoms with van der Waals surface area (Å²) >= 11 is 0. The number of benzene rings is 1. The summed E-state index contributed by atoms with van der Waals surface area (Å²) in [7, 11) is 0. The first kappa shape index (κ1) is 20.4. The predicted molar refractivity (Wildman–Crippen MR) is 108 cm³/mol. The Morgan fingerprint density at radius 2 is 1.90 bits per heavy atom. The van der Waals surface area contributed by atoms with E-state index >= 15 is 0 Å². The van der Waals surface area contributed by atoms with Gasteiger partial charge in [0.05, 0.1) is 18.2 Å². The van der Waals surface area contributed by atoms with Gasteiger partial charge in [-0.25, -0.2) is 9.37 Å². The van der Waals surface area contributed by atoms with Crippen molar-refractivity contribution < 1.29 is 9.18 Å². The molecule has 6 nitrogen and oxygen atoms in total. The molecule has 1 aromatic carbocycles. The summed E-state index contributed by atoms with van der Waals surface area (Å²) in [6.45, 7) is 3.88. The van der Waals surface area contributed by atoms with Crippen LogP contribution in [0.1, 0.15) is 48.6 Å². The SMILES string of the molecule is CC(C)c1nc(C[C@@H](NC(=O)Cc2ccccn2)c2ccc(F)cc2)cc(=O)[nH]1. The van der Waals surface area contributed by atoms with Crippen LogP contribution in [0.4, 0.5) is 4.39 Å². The molecule has 0 aliphatic heterocycles. The number of carbonyl (C=O) groups excluding carboxylic acids is 1. The van der Waals surface area contributed by atoms with Crippen LogP contribution in [-0.4, -0.2) is 20.9 Å². The Hall–Kier alpha value is -3.35. The van der Waals surface area contributed by atoms with Crippen LogP contribution < -0.4 is 10.9 Å². The maximum atomic E-state index is 13.4. The van der Waals surface area contributed by atoms with E-state index in [1.54, 1.807) is 30.5 Å². The third kappa shape index (κ3) is 5.81. The molecule has 0 unspecified atom stereocenters. The van der Waals surface area contributed by atoms with Crippen molar-refractivity contribution in [2.24, 2.45) is 0 Å². The zero-order chi connectivity index (χ0) is 20.8. The number of rotatable bonds is 7. The van der Waals surface area contributed by atoms with Gasteiger partial charge in [-0.3, -0.25) is 14.6 Å². The molecular weight excluding hydrogens is 371 g/mol. The van der Waals surface area contributed by atoms with Gasteiger partial charge < -0.3 is 10.3 Å². The van der Waals surface area contributed by atoms with E-state index in [4.69, 9.17) is 0 Å². The summed E-state index contributed by atoms with van der Waals surface area (Å²) in [5, 5.41) is 2.96. The largest absolute Gasteiger partial charge is 0.349 e. The highest BCUT2D eigenvalue weighted by molar-refractivity contribution is 5.78. The summed E-state index contributed by atoms with van der Waals surface area (Å²) in [5.41, 5.74) is 1.70. The fourth-order valence-corrected chi connectivity index (χ4v) is 2.98. The van der Waals surface area contributed by atoms with Crippen LogP contribution in [0, 0.1) is 5.82 Å². The zero-order valence-electron chi connectivity index (χ0n) is 16.4. The number of carbonyl (C=O) groups is 1. The number of nitrogens with one attached hydrogen (secondary N) is 2. The second-order valence-corrected chi connectivity index (χ2v) is 7.15. The highest BCUT2D eigenvalue weighted by Crippen LogP contribution is 2.19. The maximum Gasteiger partial charge on any atom is 0.251 e. The summed E-state index contributed by atoms with van der Waals surface area (Å²) in [5.74, 6) is 0.0754. The summed E-state index contributed by atoms with van der Waals surface area (Å²) in [6, 6.07) is 12.3. The van der Waals surface area contributed by atoms with Gasteiger partial charge in [-0.2, -0.15) is 0 Å². The van der Waals surface area contributed by atoms with Crippen LogP contribution in [0.25, 0.3) is 0 Å². The molecule has 1 amide bonds. The van der Waals surface area contributed by atoms with Crippen LogP contribution in [0.3, 0.4) is 0 Å². The van der Waals surface area contributed by atoms with E-state index in [1.165, 1.54) is 18.2 Å². The zero-order valence-corrected chi connectivity index (χ0v) is 16.4. The highest BCUT2D eigenvalue weighted by Gasteiger charge is 2.18.